The van der Waals surface area contributed by atoms with Crippen LogP contribution in [0.2, 0.25) is 0 Å². The summed E-state index contributed by atoms with van der Waals surface area (Å²) in [7, 11) is 0. The number of halogens is 3. The molecule has 0 aliphatic rings. The van der Waals surface area contributed by atoms with Crippen molar-refractivity contribution < 1.29 is 5.11 Å². The summed E-state index contributed by atoms with van der Waals surface area (Å²) in [6.07, 6.45) is 0. The molecule has 1 rings (SSSR count). The van der Waals surface area contributed by atoms with Gasteiger partial charge < -0.3 is 5.11 Å². The van der Waals surface area contributed by atoms with Gasteiger partial charge in [-0.05, 0) is 73.2 Å². The van der Waals surface area contributed by atoms with Gasteiger partial charge >= 0.3 is 0 Å². The van der Waals surface area contributed by atoms with Crippen LogP contribution >= 0.6 is 61.1 Å². The van der Waals surface area contributed by atoms with Crippen molar-refractivity contribution in [1.82, 2.24) is 0 Å². The van der Waals surface area contributed by atoms with Gasteiger partial charge in [0.25, 0.3) is 0 Å². The largest absolute Gasteiger partial charge is 0.506 e. The molecule has 0 radical (unpaired) electrons. The Hall–Kier alpha value is 0.960. The van der Waals surface area contributed by atoms with E-state index in [1.54, 1.807) is 0 Å². The molecular weight excluding hydrogens is 422 g/mol. The number of phenolic OH excluding ortho intramolecular Hbond substituents is 1. The molecule has 1 nitrogen and oxygen atoms in total. The maximum Gasteiger partial charge on any atom is 0.143 e. The fraction of sp³-hybridized carbons (Fsp3) is 0. The van der Waals surface area contributed by atoms with Gasteiger partial charge in [0.2, 0.25) is 0 Å². The van der Waals surface area contributed by atoms with E-state index in [2.05, 4.69) is 61.1 Å². The van der Waals surface area contributed by atoms with E-state index in [0.717, 1.165) is 11.6 Å². The predicted molar refractivity (Wildman–Crippen MR) is 61.2 cm³/mol. The molecule has 0 aromatic heterocycles. The first-order chi connectivity index (χ1) is 4.61. The van der Waals surface area contributed by atoms with Crippen LogP contribution in [0.3, 0.4) is 0 Å². The number of rotatable bonds is 0. The van der Waals surface area contributed by atoms with Crippen molar-refractivity contribution in [3.8, 4) is 5.75 Å². The van der Waals surface area contributed by atoms with Crippen molar-refractivity contribution >= 4 is 61.1 Å². The molecule has 54 valence electrons. The van der Waals surface area contributed by atoms with Gasteiger partial charge in [-0.25, -0.2) is 0 Å². The van der Waals surface area contributed by atoms with Crippen molar-refractivity contribution in [2.45, 2.75) is 0 Å². The summed E-state index contributed by atoms with van der Waals surface area (Å²) in [6, 6.07) is 3.79. The molecule has 0 saturated heterocycles. The topological polar surface area (TPSA) is 20.2 Å². The van der Waals surface area contributed by atoms with Gasteiger partial charge in [0.15, 0.2) is 0 Å². The van der Waals surface area contributed by atoms with E-state index >= 15 is 0 Å². The molecular formula is C6H3BrI2O. The average molecular weight is 425 g/mol. The van der Waals surface area contributed by atoms with E-state index in [9.17, 15) is 5.11 Å². The van der Waals surface area contributed by atoms with Crippen LogP contribution in [0.25, 0.3) is 0 Å². The molecule has 0 bridgehead atoms. The summed E-state index contributed by atoms with van der Waals surface area (Å²) >= 11 is 7.53. The Morgan fingerprint density at radius 3 is 2.40 bits per heavy atom. The van der Waals surface area contributed by atoms with Gasteiger partial charge in [-0.3, -0.25) is 0 Å². The number of hydrogen-bond acceptors (Lipinski definition) is 1. The first kappa shape index (κ1) is 9.05. The minimum absolute atomic E-state index is 0.320. The normalized spacial score (nSPS) is 9.90. The third kappa shape index (κ3) is 1.97. The molecule has 0 aliphatic carbocycles. The quantitative estimate of drug-likeness (QED) is 0.633. The van der Waals surface area contributed by atoms with E-state index < -0.39 is 0 Å². The Morgan fingerprint density at radius 2 is 1.90 bits per heavy atom. The van der Waals surface area contributed by atoms with Crippen molar-refractivity contribution in [2.24, 2.45) is 0 Å². The molecule has 4 heteroatoms. The summed E-state index contributed by atoms with van der Waals surface area (Å²) < 4.78 is 2.74. The van der Waals surface area contributed by atoms with Crippen LogP contribution in [0.1, 0.15) is 0 Å². The third-order valence-corrected chi connectivity index (χ3v) is 3.03. The van der Waals surface area contributed by atoms with E-state index in [4.69, 9.17) is 0 Å². The number of benzene rings is 1. The molecule has 1 aromatic rings. The summed E-state index contributed by atoms with van der Waals surface area (Å²) in [6.45, 7) is 0. The highest BCUT2D eigenvalue weighted by atomic mass is 127. The number of hydrogen-bond donors (Lipinski definition) is 1. The summed E-state index contributed by atoms with van der Waals surface area (Å²) in [4.78, 5) is 0. The molecule has 1 N–H and O–H groups in total. The van der Waals surface area contributed by atoms with Crippen LogP contribution in [0.4, 0.5) is 0 Å². The lowest BCUT2D eigenvalue weighted by molar-refractivity contribution is 0.468. The molecule has 1 aromatic carbocycles. The van der Waals surface area contributed by atoms with E-state index in [-0.39, 0.29) is 0 Å². The van der Waals surface area contributed by atoms with Gasteiger partial charge in [0.05, 0.1) is 8.04 Å². The molecule has 0 heterocycles. The van der Waals surface area contributed by atoms with Crippen molar-refractivity contribution in [2.75, 3.05) is 0 Å². The fourth-order valence-electron chi connectivity index (χ4n) is 0.535. The Kier molecular flexibility index (Phi) is 3.23. The first-order valence-electron chi connectivity index (χ1n) is 2.45. The van der Waals surface area contributed by atoms with Gasteiger partial charge in [-0.1, -0.05) is 0 Å². The van der Waals surface area contributed by atoms with Crippen LogP contribution in [-0.4, -0.2) is 5.11 Å². The minimum Gasteiger partial charge on any atom is -0.506 e. The van der Waals surface area contributed by atoms with E-state index in [1.165, 1.54) is 0 Å². The van der Waals surface area contributed by atoms with Gasteiger partial charge in [0.1, 0.15) is 5.75 Å². The molecule has 0 unspecified atom stereocenters. The second-order valence-corrected chi connectivity index (χ2v) is 4.98. The predicted octanol–water partition coefficient (Wildman–Crippen LogP) is 3.36. The lowest BCUT2D eigenvalue weighted by Crippen LogP contribution is -1.77. The van der Waals surface area contributed by atoms with Gasteiger partial charge in [-0.15, -0.1) is 0 Å². The van der Waals surface area contributed by atoms with Crippen LogP contribution in [0, 0.1) is 7.14 Å². The highest BCUT2D eigenvalue weighted by Gasteiger charge is 2.02. The smallest absolute Gasteiger partial charge is 0.143 e. The molecule has 0 saturated carbocycles. The van der Waals surface area contributed by atoms with Crippen LogP contribution < -0.4 is 0 Å². The lowest BCUT2D eigenvalue weighted by atomic mass is 10.3. The number of phenols is 1. The summed E-state index contributed by atoms with van der Waals surface area (Å²) in [5.41, 5.74) is 0. The van der Waals surface area contributed by atoms with Crippen molar-refractivity contribution in [3.63, 3.8) is 0 Å². The van der Waals surface area contributed by atoms with E-state index in [1.807, 2.05) is 12.1 Å². The van der Waals surface area contributed by atoms with Crippen LogP contribution in [-0.2, 0) is 0 Å². The van der Waals surface area contributed by atoms with Crippen LogP contribution in [0.15, 0.2) is 16.6 Å². The SMILES string of the molecule is Oc1c(Br)cc(I)cc1I. The zero-order valence-electron chi connectivity index (χ0n) is 4.74. The molecule has 0 amide bonds. The second-order valence-electron chi connectivity index (χ2n) is 1.72. The van der Waals surface area contributed by atoms with Gasteiger partial charge in [0, 0.05) is 3.57 Å². The van der Waals surface area contributed by atoms with Crippen molar-refractivity contribution in [1.29, 1.82) is 0 Å². The Morgan fingerprint density at radius 1 is 1.30 bits per heavy atom. The second kappa shape index (κ2) is 3.57. The Labute approximate surface area is 94.6 Å². The minimum atomic E-state index is 0.320. The molecule has 0 atom stereocenters. The van der Waals surface area contributed by atoms with Gasteiger partial charge in [-0.2, -0.15) is 0 Å². The average Bonchev–Trinajstić information content (AvgIpc) is 1.82. The summed E-state index contributed by atoms with van der Waals surface area (Å²) in [5.74, 6) is 0.320. The highest BCUT2D eigenvalue weighted by Crippen LogP contribution is 2.30. The molecule has 0 spiro atoms. The van der Waals surface area contributed by atoms with Crippen LogP contribution in [0.5, 0.6) is 5.75 Å². The number of aromatic hydroxyl groups is 1. The monoisotopic (exact) mass is 424 g/mol. The highest BCUT2D eigenvalue weighted by molar-refractivity contribution is 14.1. The maximum absolute atomic E-state index is 9.27. The molecule has 0 fully saturated rings. The molecule has 0 aliphatic heterocycles. The maximum atomic E-state index is 9.27. The summed E-state index contributed by atoms with van der Waals surface area (Å²) in [5, 5.41) is 9.27. The zero-order valence-corrected chi connectivity index (χ0v) is 10.6. The van der Waals surface area contributed by atoms with E-state index in [0.29, 0.717) is 5.75 Å². The fourth-order valence-corrected chi connectivity index (χ4v) is 3.64. The third-order valence-electron chi connectivity index (χ3n) is 0.982. The zero-order chi connectivity index (χ0) is 7.72. The lowest BCUT2D eigenvalue weighted by Gasteiger charge is -1.99. The van der Waals surface area contributed by atoms with Crippen molar-refractivity contribution in [3.05, 3.63) is 23.7 Å². The Balaban J connectivity index is 3.31. The first-order valence-corrected chi connectivity index (χ1v) is 5.40. The standard InChI is InChI=1S/C6H3BrI2O/c7-4-1-3(8)2-5(9)6(4)10/h1-2,10H. The Bertz CT molecular complexity index is 239. The molecule has 10 heavy (non-hydrogen) atoms.